The third kappa shape index (κ3) is 3.87. The number of rotatable bonds is 5. The van der Waals surface area contributed by atoms with Crippen molar-refractivity contribution in [2.75, 3.05) is 0 Å². The summed E-state index contributed by atoms with van der Waals surface area (Å²) in [6.45, 7) is 0. The molecule has 0 aliphatic carbocycles. The number of hydrogen-bond acceptors (Lipinski definition) is 8. The summed E-state index contributed by atoms with van der Waals surface area (Å²) < 4.78 is 9.47. The quantitative estimate of drug-likeness (QED) is 0.235. The fraction of sp³-hybridized carbons (Fsp3) is 0.188. The van der Waals surface area contributed by atoms with Crippen molar-refractivity contribution in [3.63, 3.8) is 0 Å². The molecule has 0 spiro atoms. The Morgan fingerprint density at radius 1 is 1.27 bits per heavy atom. The van der Waals surface area contributed by atoms with Gasteiger partial charge in [0.2, 0.25) is 0 Å². The van der Waals surface area contributed by atoms with E-state index in [-0.39, 0.29) is 17.2 Å². The molecule has 14 heteroatoms. The highest BCUT2D eigenvalue weighted by Crippen LogP contribution is 2.23. The summed E-state index contributed by atoms with van der Waals surface area (Å²) in [7, 11) is 4.50. The second-order valence-electron chi connectivity index (χ2n) is 6.10. The van der Waals surface area contributed by atoms with Crippen LogP contribution >= 0.6 is 0 Å². The van der Waals surface area contributed by atoms with Crippen molar-refractivity contribution in [1.29, 1.82) is 0 Å². The lowest BCUT2D eigenvalue weighted by Gasteiger charge is -2.05. The normalized spacial score (nSPS) is 11.9. The average Bonchev–Trinajstić information content (AvgIpc) is 3.01. The predicted molar refractivity (Wildman–Crippen MR) is 107 cm³/mol. The minimum absolute atomic E-state index is 0.106. The molecule has 0 unspecified atom stereocenters. The van der Waals surface area contributed by atoms with Crippen LogP contribution < -0.4 is 27.1 Å². The smallest absolute Gasteiger partial charge is 0.332 e. The van der Waals surface area contributed by atoms with Crippen molar-refractivity contribution in [1.82, 2.24) is 24.1 Å². The van der Waals surface area contributed by atoms with Gasteiger partial charge in [0, 0.05) is 21.1 Å². The van der Waals surface area contributed by atoms with Crippen LogP contribution in [0.1, 0.15) is 5.56 Å². The summed E-state index contributed by atoms with van der Waals surface area (Å²) in [6, 6.07) is 6.73. The number of hydrazine groups is 1. The van der Waals surface area contributed by atoms with Gasteiger partial charge in [-0.1, -0.05) is 17.6 Å². The minimum atomic E-state index is -0.858. The number of nitrogens with two attached hydrogens (primary N) is 1. The molecule has 3 rings (SSSR count). The molecular formula is C16H17N9O5. The fourth-order valence-corrected chi connectivity index (χ4v) is 2.63. The summed E-state index contributed by atoms with van der Waals surface area (Å²) in [5.41, 5.74) is 6.91. The van der Waals surface area contributed by atoms with Gasteiger partial charge in [0.05, 0.1) is 6.21 Å². The SMILES string of the molecule is Cn1c(=O)c2c(nc(Oc3cccc(/C=N\N=C(N)N[N+](=O)[O-])c3)n2C)n(C)c1=O. The zero-order valence-corrected chi connectivity index (χ0v) is 16.1. The maximum atomic E-state index is 12.4. The van der Waals surface area contributed by atoms with Crippen LogP contribution in [0.5, 0.6) is 11.8 Å². The molecular weight excluding hydrogens is 398 g/mol. The molecule has 1 aromatic carbocycles. The van der Waals surface area contributed by atoms with Gasteiger partial charge in [0.15, 0.2) is 16.2 Å². The Balaban J connectivity index is 1.91. The Kier molecular flexibility index (Phi) is 5.31. The van der Waals surface area contributed by atoms with Gasteiger partial charge in [0.25, 0.3) is 11.5 Å². The number of aromatic nitrogens is 4. The van der Waals surface area contributed by atoms with Crippen LogP contribution in [-0.2, 0) is 21.1 Å². The highest BCUT2D eigenvalue weighted by atomic mass is 16.7. The second kappa shape index (κ2) is 7.86. The molecule has 0 saturated heterocycles. The van der Waals surface area contributed by atoms with Crippen LogP contribution in [0.2, 0.25) is 0 Å². The van der Waals surface area contributed by atoms with E-state index in [4.69, 9.17) is 10.5 Å². The number of aryl methyl sites for hydroxylation is 2. The van der Waals surface area contributed by atoms with Crippen molar-refractivity contribution < 1.29 is 9.77 Å². The molecule has 2 heterocycles. The third-order valence-electron chi connectivity index (χ3n) is 4.08. The molecule has 0 amide bonds. The van der Waals surface area contributed by atoms with Gasteiger partial charge in [0.1, 0.15) is 5.75 Å². The summed E-state index contributed by atoms with van der Waals surface area (Å²) in [5, 5.41) is 16.5. The number of imidazole rings is 1. The first-order valence-electron chi connectivity index (χ1n) is 8.37. The van der Waals surface area contributed by atoms with Crippen LogP contribution in [0.3, 0.4) is 0 Å². The van der Waals surface area contributed by atoms with Gasteiger partial charge >= 0.3 is 11.7 Å². The molecule has 0 radical (unpaired) electrons. The Hall–Kier alpha value is -4.49. The number of hydrogen-bond donors (Lipinski definition) is 2. The van der Waals surface area contributed by atoms with E-state index in [0.717, 1.165) is 4.57 Å². The molecule has 3 N–H and O–H groups in total. The lowest BCUT2D eigenvalue weighted by molar-refractivity contribution is -0.525. The van der Waals surface area contributed by atoms with Gasteiger partial charge in [-0.3, -0.25) is 18.5 Å². The monoisotopic (exact) mass is 415 g/mol. The summed E-state index contributed by atoms with van der Waals surface area (Å²) in [6.07, 6.45) is 1.32. The van der Waals surface area contributed by atoms with Crippen LogP contribution in [0.15, 0.2) is 44.1 Å². The second-order valence-corrected chi connectivity index (χ2v) is 6.10. The number of nitrogens with zero attached hydrogens (tertiary/aromatic N) is 7. The molecule has 2 aromatic heterocycles. The van der Waals surface area contributed by atoms with Gasteiger partial charge < -0.3 is 10.5 Å². The maximum Gasteiger partial charge on any atom is 0.332 e. The number of nitrogens with one attached hydrogen (secondary N) is 1. The van der Waals surface area contributed by atoms with Crippen LogP contribution in [0.25, 0.3) is 11.2 Å². The van der Waals surface area contributed by atoms with Crippen molar-refractivity contribution >= 4 is 23.3 Å². The molecule has 0 aliphatic heterocycles. The Labute approximate surface area is 167 Å². The topological polar surface area (TPSA) is 177 Å². The van der Waals surface area contributed by atoms with Crippen LogP contribution in [-0.4, -0.2) is 35.9 Å². The van der Waals surface area contributed by atoms with Gasteiger partial charge in [-0.15, -0.1) is 5.10 Å². The third-order valence-corrected chi connectivity index (χ3v) is 4.08. The standard InChI is InChI=1S/C16H17N9O5/c1-22-11-12(23(2)16(27)24(3)13(11)26)19-15(22)30-10-6-4-5-9(7-10)8-18-20-14(17)21-25(28)29/h4-8H,1-3H3,(H3,17,20,21)/b18-8-. The lowest BCUT2D eigenvalue weighted by Crippen LogP contribution is -2.37. The maximum absolute atomic E-state index is 12.4. The number of fused-ring (bicyclic) bond motifs is 1. The Morgan fingerprint density at radius 2 is 2.00 bits per heavy atom. The first-order chi connectivity index (χ1) is 14.2. The number of guanidine groups is 1. The molecule has 3 aromatic rings. The van der Waals surface area contributed by atoms with Gasteiger partial charge in [-0.25, -0.2) is 14.9 Å². The summed E-state index contributed by atoms with van der Waals surface area (Å²) >= 11 is 0. The molecule has 0 fully saturated rings. The van der Waals surface area contributed by atoms with Crippen molar-refractivity contribution in [3.05, 3.63) is 60.8 Å². The van der Waals surface area contributed by atoms with E-state index in [2.05, 4.69) is 15.2 Å². The first kappa shape index (κ1) is 20.2. The summed E-state index contributed by atoms with van der Waals surface area (Å²) in [5.74, 6) is -0.102. The van der Waals surface area contributed by atoms with E-state index in [1.807, 2.05) is 0 Å². The number of ether oxygens (including phenoxy) is 1. The van der Waals surface area contributed by atoms with Crippen molar-refractivity contribution in [2.24, 2.45) is 37.1 Å². The first-order valence-corrected chi connectivity index (χ1v) is 8.37. The summed E-state index contributed by atoms with van der Waals surface area (Å²) in [4.78, 5) is 39.0. The molecule has 14 nitrogen and oxygen atoms in total. The number of benzene rings is 1. The lowest BCUT2D eigenvalue weighted by atomic mass is 10.2. The zero-order valence-electron chi connectivity index (χ0n) is 16.1. The highest BCUT2D eigenvalue weighted by Gasteiger charge is 2.18. The van der Waals surface area contributed by atoms with E-state index >= 15 is 0 Å². The Bertz CT molecular complexity index is 1320. The molecule has 0 bridgehead atoms. The van der Waals surface area contributed by atoms with Gasteiger partial charge in [-0.2, -0.15) is 10.1 Å². The molecule has 0 atom stereocenters. The van der Waals surface area contributed by atoms with E-state index in [9.17, 15) is 19.7 Å². The van der Waals surface area contributed by atoms with Crippen LogP contribution in [0, 0.1) is 10.1 Å². The van der Waals surface area contributed by atoms with E-state index in [1.54, 1.807) is 36.7 Å². The van der Waals surface area contributed by atoms with E-state index < -0.39 is 22.2 Å². The predicted octanol–water partition coefficient (Wildman–Crippen LogP) is -0.807. The highest BCUT2D eigenvalue weighted by molar-refractivity contribution is 5.82. The average molecular weight is 415 g/mol. The van der Waals surface area contributed by atoms with Gasteiger partial charge in [-0.05, 0) is 17.7 Å². The molecule has 30 heavy (non-hydrogen) atoms. The van der Waals surface area contributed by atoms with Crippen LogP contribution in [0.4, 0.5) is 0 Å². The largest absolute Gasteiger partial charge is 0.425 e. The molecule has 0 aliphatic rings. The molecule has 0 saturated carbocycles. The van der Waals surface area contributed by atoms with E-state index in [0.29, 0.717) is 11.3 Å². The van der Waals surface area contributed by atoms with Crippen molar-refractivity contribution in [2.45, 2.75) is 0 Å². The number of nitro groups is 1. The Morgan fingerprint density at radius 3 is 2.70 bits per heavy atom. The van der Waals surface area contributed by atoms with E-state index in [1.165, 1.54) is 29.4 Å². The minimum Gasteiger partial charge on any atom is -0.425 e. The van der Waals surface area contributed by atoms with Crippen molar-refractivity contribution in [3.8, 4) is 11.8 Å². The fourth-order valence-electron chi connectivity index (χ4n) is 2.63. The molecule has 156 valence electrons. The zero-order chi connectivity index (χ0) is 22.0.